The fourth-order valence-corrected chi connectivity index (χ4v) is 5.32. The van der Waals surface area contributed by atoms with Crippen LogP contribution < -0.4 is 0 Å². The summed E-state index contributed by atoms with van der Waals surface area (Å²) in [6.45, 7) is 0.662. The van der Waals surface area contributed by atoms with Gasteiger partial charge in [-0.15, -0.1) is 0 Å². The average Bonchev–Trinajstić information content (AvgIpc) is 3.16. The first-order valence-electron chi connectivity index (χ1n) is 8.45. The number of rotatable bonds is 4. The Kier molecular flexibility index (Phi) is 4.09. The second kappa shape index (κ2) is 6.28. The highest BCUT2D eigenvalue weighted by atomic mass is 32.2. The summed E-state index contributed by atoms with van der Waals surface area (Å²) in [4.78, 5) is 6.96. The summed E-state index contributed by atoms with van der Waals surface area (Å²) in [6, 6.07) is 16.2. The predicted molar refractivity (Wildman–Crippen MR) is 99.2 cm³/mol. The molecule has 1 aromatic carbocycles. The van der Waals surface area contributed by atoms with Crippen LogP contribution in [0.25, 0.3) is 16.9 Å². The van der Waals surface area contributed by atoms with Crippen LogP contribution in [0, 0.1) is 0 Å². The molecule has 1 unspecified atom stereocenters. The van der Waals surface area contributed by atoms with E-state index in [4.69, 9.17) is 4.98 Å². The van der Waals surface area contributed by atoms with E-state index in [-0.39, 0.29) is 11.8 Å². The Morgan fingerprint density at radius 3 is 2.64 bits per heavy atom. The van der Waals surface area contributed by atoms with Crippen molar-refractivity contribution in [1.82, 2.24) is 14.3 Å². The first-order chi connectivity index (χ1) is 12.0. The van der Waals surface area contributed by atoms with E-state index in [1.54, 1.807) is 0 Å². The Hall–Kier alpha value is -2.18. The molecule has 1 fully saturated rings. The number of hydrogen-bond donors (Lipinski definition) is 0. The molecule has 0 aliphatic carbocycles. The van der Waals surface area contributed by atoms with Crippen molar-refractivity contribution in [2.45, 2.75) is 19.0 Å². The van der Waals surface area contributed by atoms with Crippen molar-refractivity contribution in [3.05, 3.63) is 60.4 Å². The van der Waals surface area contributed by atoms with Gasteiger partial charge in [-0.3, -0.25) is 4.90 Å². The molecule has 0 radical (unpaired) electrons. The van der Waals surface area contributed by atoms with Crippen molar-refractivity contribution in [2.24, 2.45) is 0 Å². The molecule has 0 amide bonds. The fourth-order valence-electron chi connectivity index (χ4n) is 3.51. The second-order valence-electron chi connectivity index (χ2n) is 6.67. The van der Waals surface area contributed by atoms with E-state index in [9.17, 15) is 8.42 Å². The Morgan fingerprint density at radius 2 is 1.92 bits per heavy atom. The minimum Gasteiger partial charge on any atom is -0.302 e. The normalized spacial score (nSPS) is 19.7. The number of hydrogen-bond acceptors (Lipinski definition) is 4. The molecule has 0 bridgehead atoms. The van der Waals surface area contributed by atoms with Crippen LogP contribution in [0.1, 0.15) is 12.1 Å². The Balaban J connectivity index is 1.73. The molecule has 1 aliphatic rings. The van der Waals surface area contributed by atoms with Gasteiger partial charge >= 0.3 is 0 Å². The molecule has 1 aliphatic heterocycles. The summed E-state index contributed by atoms with van der Waals surface area (Å²) in [6.07, 6.45) is 2.72. The third-order valence-electron chi connectivity index (χ3n) is 4.91. The van der Waals surface area contributed by atoms with E-state index < -0.39 is 9.84 Å². The summed E-state index contributed by atoms with van der Waals surface area (Å²) < 4.78 is 25.7. The summed E-state index contributed by atoms with van der Waals surface area (Å²) in [5.74, 6) is 0.543. The topological polar surface area (TPSA) is 54.7 Å². The predicted octanol–water partition coefficient (Wildman–Crippen LogP) is 2.62. The van der Waals surface area contributed by atoms with Gasteiger partial charge in [-0.05, 0) is 25.6 Å². The van der Waals surface area contributed by atoms with Gasteiger partial charge in [-0.1, -0.05) is 36.4 Å². The number of aromatic nitrogens is 2. The van der Waals surface area contributed by atoms with Crippen molar-refractivity contribution in [3.8, 4) is 11.3 Å². The summed E-state index contributed by atoms with van der Waals surface area (Å²) >= 11 is 0. The number of pyridine rings is 1. The van der Waals surface area contributed by atoms with E-state index in [0.29, 0.717) is 18.7 Å². The Morgan fingerprint density at radius 1 is 1.16 bits per heavy atom. The van der Waals surface area contributed by atoms with Gasteiger partial charge < -0.3 is 4.40 Å². The zero-order valence-electron chi connectivity index (χ0n) is 14.2. The van der Waals surface area contributed by atoms with Gasteiger partial charge in [0.15, 0.2) is 9.84 Å². The highest BCUT2D eigenvalue weighted by Gasteiger charge is 2.31. The van der Waals surface area contributed by atoms with Crippen LogP contribution >= 0.6 is 0 Å². The highest BCUT2D eigenvalue weighted by Crippen LogP contribution is 2.27. The van der Waals surface area contributed by atoms with Crippen LogP contribution in [0.15, 0.2) is 54.7 Å². The highest BCUT2D eigenvalue weighted by molar-refractivity contribution is 7.91. The number of imidazole rings is 1. The van der Waals surface area contributed by atoms with Gasteiger partial charge in [0.1, 0.15) is 5.65 Å². The van der Waals surface area contributed by atoms with Crippen LogP contribution in [0.3, 0.4) is 0 Å². The van der Waals surface area contributed by atoms with Gasteiger partial charge in [0.05, 0.1) is 22.9 Å². The maximum atomic E-state index is 11.8. The molecule has 4 rings (SSSR count). The van der Waals surface area contributed by atoms with E-state index in [2.05, 4.69) is 21.4 Å². The Labute approximate surface area is 147 Å². The monoisotopic (exact) mass is 355 g/mol. The lowest BCUT2D eigenvalue weighted by Gasteiger charge is -2.23. The lowest BCUT2D eigenvalue weighted by Crippen LogP contribution is -2.32. The molecular weight excluding hydrogens is 334 g/mol. The van der Waals surface area contributed by atoms with Crippen LogP contribution in [0.5, 0.6) is 0 Å². The van der Waals surface area contributed by atoms with E-state index in [0.717, 1.165) is 22.6 Å². The minimum atomic E-state index is -2.89. The zero-order valence-corrected chi connectivity index (χ0v) is 15.0. The van der Waals surface area contributed by atoms with Gasteiger partial charge in [0, 0.05) is 24.3 Å². The first kappa shape index (κ1) is 16.3. The van der Waals surface area contributed by atoms with E-state index in [1.165, 1.54) is 0 Å². The minimum absolute atomic E-state index is 0.0721. The molecule has 3 heterocycles. The maximum absolute atomic E-state index is 11.8. The van der Waals surface area contributed by atoms with Crippen LogP contribution in [-0.4, -0.2) is 47.3 Å². The molecule has 2 aromatic heterocycles. The molecule has 1 saturated heterocycles. The molecule has 1 atom stereocenters. The van der Waals surface area contributed by atoms with Crippen molar-refractivity contribution < 1.29 is 8.42 Å². The number of fused-ring (bicyclic) bond motifs is 1. The summed E-state index contributed by atoms with van der Waals surface area (Å²) in [5, 5.41) is 0. The second-order valence-corrected chi connectivity index (χ2v) is 8.90. The zero-order chi connectivity index (χ0) is 17.4. The SMILES string of the molecule is CN(Cc1c(-c2ccccc2)nc2ccccn12)C1CCS(=O)(=O)C1. The van der Waals surface area contributed by atoms with Crippen LogP contribution in [0.2, 0.25) is 0 Å². The number of benzene rings is 1. The third-order valence-corrected chi connectivity index (χ3v) is 6.66. The molecule has 130 valence electrons. The van der Waals surface area contributed by atoms with Crippen molar-refractivity contribution in [1.29, 1.82) is 0 Å². The lowest BCUT2D eigenvalue weighted by atomic mass is 10.1. The molecule has 25 heavy (non-hydrogen) atoms. The molecule has 6 heteroatoms. The quantitative estimate of drug-likeness (QED) is 0.722. The molecule has 3 aromatic rings. The average molecular weight is 355 g/mol. The van der Waals surface area contributed by atoms with E-state index >= 15 is 0 Å². The molecule has 0 N–H and O–H groups in total. The lowest BCUT2D eigenvalue weighted by molar-refractivity contribution is 0.251. The van der Waals surface area contributed by atoms with Gasteiger partial charge in [0.25, 0.3) is 0 Å². The van der Waals surface area contributed by atoms with Crippen LogP contribution in [-0.2, 0) is 16.4 Å². The summed E-state index contributed by atoms with van der Waals surface area (Å²) in [7, 11) is -0.886. The summed E-state index contributed by atoms with van der Waals surface area (Å²) in [5.41, 5.74) is 4.03. The smallest absolute Gasteiger partial charge is 0.151 e. The number of sulfone groups is 1. The third kappa shape index (κ3) is 3.19. The fraction of sp³-hybridized carbons (Fsp3) is 0.316. The first-order valence-corrected chi connectivity index (χ1v) is 10.3. The van der Waals surface area contributed by atoms with Crippen molar-refractivity contribution in [2.75, 3.05) is 18.6 Å². The molecule has 0 spiro atoms. The molecular formula is C19H21N3O2S. The molecule has 0 saturated carbocycles. The van der Waals surface area contributed by atoms with E-state index in [1.807, 2.05) is 49.6 Å². The maximum Gasteiger partial charge on any atom is 0.151 e. The largest absolute Gasteiger partial charge is 0.302 e. The van der Waals surface area contributed by atoms with Crippen molar-refractivity contribution >= 4 is 15.5 Å². The van der Waals surface area contributed by atoms with Gasteiger partial charge in [-0.25, -0.2) is 13.4 Å². The van der Waals surface area contributed by atoms with Gasteiger partial charge in [0.2, 0.25) is 0 Å². The van der Waals surface area contributed by atoms with Gasteiger partial charge in [-0.2, -0.15) is 0 Å². The van der Waals surface area contributed by atoms with Crippen molar-refractivity contribution in [3.63, 3.8) is 0 Å². The number of nitrogens with zero attached hydrogens (tertiary/aromatic N) is 3. The standard InChI is InChI=1S/C19H21N3O2S/c1-21(16-10-12-25(23,24)14-16)13-17-19(15-7-3-2-4-8-15)20-18-9-5-6-11-22(17)18/h2-9,11,16H,10,12-14H2,1H3. The van der Waals surface area contributed by atoms with Crippen LogP contribution in [0.4, 0.5) is 0 Å². The molecule has 5 nitrogen and oxygen atoms in total. The Bertz CT molecular complexity index is 996.